The summed E-state index contributed by atoms with van der Waals surface area (Å²) >= 11 is 0. The Bertz CT molecular complexity index is 95.2. The molecule has 2 unspecified atom stereocenters. The molecular formula is C7H10. The van der Waals surface area contributed by atoms with Crippen LogP contribution in [0.15, 0.2) is 0 Å². The summed E-state index contributed by atoms with van der Waals surface area (Å²) in [5.41, 5.74) is 0. The van der Waals surface area contributed by atoms with Crippen molar-refractivity contribution in [1.82, 2.24) is 0 Å². The Morgan fingerprint density at radius 2 is 1.29 bits per heavy atom. The van der Waals surface area contributed by atoms with Gasteiger partial charge in [-0.05, 0) is 42.9 Å². The topological polar surface area (TPSA) is 0 Å². The van der Waals surface area contributed by atoms with Gasteiger partial charge >= 0.3 is 0 Å². The average molecular weight is 94.2 g/mol. The van der Waals surface area contributed by atoms with Crippen LogP contribution < -0.4 is 0 Å². The monoisotopic (exact) mass is 94.1 g/mol. The van der Waals surface area contributed by atoms with E-state index in [9.17, 15) is 0 Å². The van der Waals surface area contributed by atoms with Gasteiger partial charge in [-0.2, -0.15) is 0 Å². The molecule has 0 nitrogen and oxygen atoms in total. The molecule has 0 aromatic rings. The first kappa shape index (κ1) is 3.11. The van der Waals surface area contributed by atoms with Crippen LogP contribution in [-0.4, -0.2) is 0 Å². The molecule has 0 heteroatoms. The third-order valence-electron chi connectivity index (χ3n) is 3.31. The molecule has 0 heterocycles. The molecule has 0 N–H and O–H groups in total. The van der Waals surface area contributed by atoms with Gasteiger partial charge in [0.2, 0.25) is 0 Å². The summed E-state index contributed by atoms with van der Waals surface area (Å²) in [4.78, 5) is 0. The Morgan fingerprint density at radius 3 is 1.43 bits per heavy atom. The van der Waals surface area contributed by atoms with E-state index in [1.807, 2.05) is 0 Å². The van der Waals surface area contributed by atoms with Gasteiger partial charge in [0, 0.05) is 0 Å². The minimum absolute atomic E-state index is 1.23. The standard InChI is InChI=1S/C7H10/c1-4-2-5(1)7-3-6(4)7/h4-7H,1-3H2. The smallest absolute Gasteiger partial charge is 0.0352 e. The van der Waals surface area contributed by atoms with E-state index in [0.717, 1.165) is 0 Å². The van der Waals surface area contributed by atoms with Gasteiger partial charge in [0.1, 0.15) is 0 Å². The summed E-state index contributed by atoms with van der Waals surface area (Å²) in [5.74, 6) is 4.97. The van der Waals surface area contributed by atoms with Crippen molar-refractivity contribution in [3.63, 3.8) is 0 Å². The second-order valence-corrected chi connectivity index (χ2v) is 3.55. The number of hydrogen-bond acceptors (Lipinski definition) is 0. The second-order valence-electron chi connectivity index (χ2n) is 3.55. The van der Waals surface area contributed by atoms with Crippen LogP contribution in [0.25, 0.3) is 0 Å². The summed E-state index contributed by atoms with van der Waals surface area (Å²) < 4.78 is 0. The molecule has 4 fully saturated rings. The predicted molar refractivity (Wildman–Crippen MR) is 27.8 cm³/mol. The van der Waals surface area contributed by atoms with Crippen LogP contribution in [0.2, 0.25) is 0 Å². The molecule has 7 heavy (non-hydrogen) atoms. The first-order chi connectivity index (χ1) is 3.45. The quantitative estimate of drug-likeness (QED) is 0.428. The van der Waals surface area contributed by atoms with E-state index >= 15 is 0 Å². The molecule has 38 valence electrons. The highest BCUT2D eigenvalue weighted by atomic mass is 14.7. The Kier molecular flexibility index (Phi) is 0.296. The van der Waals surface area contributed by atoms with Crippen LogP contribution in [0, 0.1) is 23.7 Å². The summed E-state index contributed by atoms with van der Waals surface area (Å²) in [6, 6.07) is 0. The molecule has 0 radical (unpaired) electrons. The Morgan fingerprint density at radius 1 is 0.714 bits per heavy atom. The molecule has 0 saturated heterocycles. The molecule has 4 rings (SSSR count). The maximum Gasteiger partial charge on any atom is -0.0352 e. The van der Waals surface area contributed by atoms with Gasteiger partial charge in [0.05, 0.1) is 0 Å². The predicted octanol–water partition coefficient (Wildman–Crippen LogP) is 1.66. The summed E-state index contributed by atoms with van der Waals surface area (Å²) in [6.45, 7) is 0. The lowest BCUT2D eigenvalue weighted by Gasteiger charge is -2.27. The Labute approximate surface area is 43.9 Å². The van der Waals surface area contributed by atoms with Gasteiger partial charge in [-0.15, -0.1) is 0 Å². The van der Waals surface area contributed by atoms with Gasteiger partial charge in [-0.1, -0.05) is 0 Å². The maximum absolute atomic E-state index is 1.62. The highest BCUT2D eigenvalue weighted by Crippen LogP contribution is 2.69. The Balaban J connectivity index is 2.09. The summed E-state index contributed by atoms with van der Waals surface area (Å²) in [7, 11) is 0. The molecule has 0 aromatic carbocycles. The molecular weight excluding hydrogens is 84.1 g/mol. The van der Waals surface area contributed by atoms with Gasteiger partial charge < -0.3 is 0 Å². The van der Waals surface area contributed by atoms with Gasteiger partial charge in [-0.3, -0.25) is 0 Å². The normalized spacial score (nSPS) is 72.0. The molecule has 2 atom stereocenters. The largest absolute Gasteiger partial charge is 0.0470 e. The molecule has 4 aliphatic carbocycles. The number of rotatable bonds is 0. The van der Waals surface area contributed by atoms with Crippen LogP contribution in [0.5, 0.6) is 0 Å². The fourth-order valence-corrected chi connectivity index (χ4v) is 2.73. The van der Waals surface area contributed by atoms with Crippen LogP contribution in [0.1, 0.15) is 19.3 Å². The van der Waals surface area contributed by atoms with Crippen LogP contribution >= 0.6 is 0 Å². The van der Waals surface area contributed by atoms with Crippen molar-refractivity contribution in [2.45, 2.75) is 19.3 Å². The molecule has 0 aliphatic heterocycles. The average Bonchev–Trinajstić information content (AvgIpc) is 2.10. The van der Waals surface area contributed by atoms with Crippen molar-refractivity contribution >= 4 is 0 Å². The zero-order chi connectivity index (χ0) is 4.43. The van der Waals surface area contributed by atoms with Crippen LogP contribution in [-0.2, 0) is 0 Å². The first-order valence-corrected chi connectivity index (χ1v) is 3.45. The highest BCUT2D eigenvalue weighted by Gasteiger charge is 2.61. The molecule has 4 aliphatic rings. The molecule has 0 amide bonds. The Hall–Kier alpha value is 0. The van der Waals surface area contributed by atoms with Crippen molar-refractivity contribution in [1.29, 1.82) is 0 Å². The van der Waals surface area contributed by atoms with E-state index in [1.165, 1.54) is 23.7 Å². The third-order valence-corrected chi connectivity index (χ3v) is 3.31. The zero-order valence-corrected chi connectivity index (χ0v) is 4.43. The number of hydrogen-bond donors (Lipinski definition) is 0. The first-order valence-electron chi connectivity index (χ1n) is 3.45. The van der Waals surface area contributed by atoms with Crippen LogP contribution in [0.3, 0.4) is 0 Å². The van der Waals surface area contributed by atoms with Gasteiger partial charge in [0.25, 0.3) is 0 Å². The van der Waals surface area contributed by atoms with E-state index in [-0.39, 0.29) is 0 Å². The van der Waals surface area contributed by atoms with E-state index in [4.69, 9.17) is 0 Å². The van der Waals surface area contributed by atoms with Crippen molar-refractivity contribution in [2.24, 2.45) is 23.7 Å². The zero-order valence-electron chi connectivity index (χ0n) is 4.43. The lowest BCUT2D eigenvalue weighted by molar-refractivity contribution is 0.238. The van der Waals surface area contributed by atoms with Crippen LogP contribution in [0.4, 0.5) is 0 Å². The molecule has 0 aromatic heterocycles. The lowest BCUT2D eigenvalue weighted by Crippen LogP contribution is -2.16. The minimum atomic E-state index is 1.23. The highest BCUT2D eigenvalue weighted by molar-refractivity contribution is 5.10. The molecule has 4 saturated carbocycles. The molecule has 0 spiro atoms. The fraction of sp³-hybridized carbons (Fsp3) is 1.00. The van der Waals surface area contributed by atoms with Gasteiger partial charge in [-0.25, -0.2) is 0 Å². The van der Waals surface area contributed by atoms with Crippen molar-refractivity contribution in [2.75, 3.05) is 0 Å². The molecule has 2 bridgehead atoms. The summed E-state index contributed by atoms with van der Waals surface area (Å²) in [5, 5.41) is 0. The minimum Gasteiger partial charge on any atom is -0.0470 e. The van der Waals surface area contributed by atoms with E-state index < -0.39 is 0 Å². The van der Waals surface area contributed by atoms with E-state index in [2.05, 4.69) is 0 Å². The van der Waals surface area contributed by atoms with E-state index in [1.54, 1.807) is 19.3 Å². The van der Waals surface area contributed by atoms with E-state index in [0.29, 0.717) is 0 Å². The second kappa shape index (κ2) is 0.667. The summed E-state index contributed by atoms with van der Waals surface area (Å²) in [6.07, 6.45) is 4.86. The fourth-order valence-electron chi connectivity index (χ4n) is 2.73. The van der Waals surface area contributed by atoms with Crippen molar-refractivity contribution in [3.05, 3.63) is 0 Å². The van der Waals surface area contributed by atoms with Crippen molar-refractivity contribution in [3.8, 4) is 0 Å². The maximum atomic E-state index is 1.62. The SMILES string of the molecule is C1C2CC1C1CC21. The lowest BCUT2D eigenvalue weighted by atomic mass is 9.79. The van der Waals surface area contributed by atoms with Gasteiger partial charge in [0.15, 0.2) is 0 Å². The van der Waals surface area contributed by atoms with Crippen molar-refractivity contribution < 1.29 is 0 Å². The third kappa shape index (κ3) is 0.198.